The number of allylic oxidation sites excluding steroid dienone is 1. The Balaban J connectivity index is 1.51. The van der Waals surface area contributed by atoms with E-state index >= 15 is 0 Å². The molecule has 0 heterocycles. The second-order valence-electron chi connectivity index (χ2n) is 7.47. The van der Waals surface area contributed by atoms with E-state index in [4.69, 9.17) is 10.00 Å². The topological polar surface area (TPSA) is 50.1 Å². The maximum atomic E-state index is 12.4. The molecule has 1 aliphatic carbocycles. The monoisotopic (exact) mass is 383 g/mol. The van der Waals surface area contributed by atoms with Crippen molar-refractivity contribution in [3.05, 3.63) is 77.9 Å². The molecule has 1 aliphatic rings. The van der Waals surface area contributed by atoms with Gasteiger partial charge in [0.05, 0.1) is 17.6 Å². The average molecular weight is 383 g/mol. The third-order valence-electron chi connectivity index (χ3n) is 5.40. The lowest BCUT2D eigenvalue weighted by Gasteiger charge is -2.26. The Kier molecular flexibility index (Phi) is 7.26. The summed E-state index contributed by atoms with van der Waals surface area (Å²) in [5.41, 5.74) is 2.31. The molecule has 0 spiro atoms. The Bertz CT molecular complexity index is 931. The zero-order chi connectivity index (χ0) is 20.5. The van der Waals surface area contributed by atoms with Crippen LogP contribution in [0.3, 0.4) is 0 Å². The number of ether oxygens (including phenoxy) is 1. The number of hydrogen-bond donors (Lipinski definition) is 0. The van der Waals surface area contributed by atoms with Crippen molar-refractivity contribution in [3.63, 3.8) is 0 Å². The predicted molar refractivity (Wildman–Crippen MR) is 114 cm³/mol. The molecule has 0 aromatic heterocycles. The summed E-state index contributed by atoms with van der Waals surface area (Å²) >= 11 is 0. The van der Waals surface area contributed by atoms with Crippen molar-refractivity contribution in [1.29, 1.82) is 5.26 Å². The number of carbonyl (C=O) groups excluding carboxylic acids is 1. The smallest absolute Gasteiger partial charge is 0.314 e. The van der Waals surface area contributed by atoms with Gasteiger partial charge in [-0.05, 0) is 93.0 Å². The molecule has 146 valence electrons. The molecule has 2 aromatic rings. The fourth-order valence-corrected chi connectivity index (χ4v) is 3.62. The first-order chi connectivity index (χ1) is 14.2. The number of esters is 1. The lowest BCUT2D eigenvalue weighted by molar-refractivity contribution is -0.140. The highest BCUT2D eigenvalue weighted by atomic mass is 16.5. The second kappa shape index (κ2) is 10.3. The van der Waals surface area contributed by atoms with E-state index in [9.17, 15) is 4.79 Å². The van der Waals surface area contributed by atoms with Crippen LogP contribution in [0, 0.1) is 35.0 Å². The van der Waals surface area contributed by atoms with Crippen LogP contribution in [0.1, 0.15) is 55.2 Å². The van der Waals surface area contributed by atoms with Crippen molar-refractivity contribution in [1.82, 2.24) is 0 Å². The summed E-state index contributed by atoms with van der Waals surface area (Å²) in [6, 6.07) is 16.5. The Morgan fingerprint density at radius 3 is 2.07 bits per heavy atom. The van der Waals surface area contributed by atoms with Gasteiger partial charge in [0.1, 0.15) is 5.75 Å². The van der Waals surface area contributed by atoms with Gasteiger partial charge in [-0.3, -0.25) is 4.79 Å². The zero-order valence-corrected chi connectivity index (χ0v) is 16.6. The van der Waals surface area contributed by atoms with E-state index in [1.54, 1.807) is 24.3 Å². The highest BCUT2D eigenvalue weighted by Crippen LogP contribution is 2.32. The SMILES string of the molecule is C=CCC[C@H]1CC[C@H](C(=O)Oc2ccc(C#Cc3ccc(C#N)cc3)cc2)CC1. The van der Waals surface area contributed by atoms with Gasteiger partial charge in [0.2, 0.25) is 0 Å². The molecule has 2 aromatic carbocycles. The molecule has 0 N–H and O–H groups in total. The maximum absolute atomic E-state index is 12.4. The normalized spacial score (nSPS) is 18.0. The van der Waals surface area contributed by atoms with Crippen LogP contribution in [0.15, 0.2) is 61.2 Å². The standard InChI is InChI=1S/C26H25NO2/c1-2-3-4-20-11-15-24(16-12-20)26(28)29-25-17-13-22(14-18-25)6-5-21-7-9-23(19-27)10-8-21/h2,7-10,13-14,17-18,20,24H,1,3-4,11-12,15-16H2/t20-,24-. The first kappa shape index (κ1) is 20.4. The van der Waals surface area contributed by atoms with Crippen LogP contribution in [-0.4, -0.2) is 5.97 Å². The van der Waals surface area contributed by atoms with Gasteiger partial charge >= 0.3 is 5.97 Å². The van der Waals surface area contributed by atoms with Crippen molar-refractivity contribution >= 4 is 5.97 Å². The molecule has 0 atom stereocenters. The lowest BCUT2D eigenvalue weighted by Crippen LogP contribution is -2.25. The van der Waals surface area contributed by atoms with Crippen molar-refractivity contribution in [2.24, 2.45) is 11.8 Å². The molecule has 29 heavy (non-hydrogen) atoms. The molecule has 0 saturated heterocycles. The number of rotatable bonds is 5. The van der Waals surface area contributed by atoms with Crippen molar-refractivity contribution in [2.75, 3.05) is 0 Å². The quantitative estimate of drug-likeness (QED) is 0.291. The van der Waals surface area contributed by atoms with E-state index in [1.165, 1.54) is 6.42 Å². The van der Waals surface area contributed by atoms with Gasteiger partial charge in [0.15, 0.2) is 0 Å². The molecular formula is C26H25NO2. The molecule has 0 aliphatic heterocycles. The molecule has 3 heteroatoms. The highest BCUT2D eigenvalue weighted by molar-refractivity contribution is 5.75. The minimum Gasteiger partial charge on any atom is -0.426 e. The van der Waals surface area contributed by atoms with E-state index in [-0.39, 0.29) is 11.9 Å². The first-order valence-electron chi connectivity index (χ1n) is 10.1. The Morgan fingerprint density at radius 1 is 0.966 bits per heavy atom. The second-order valence-corrected chi connectivity index (χ2v) is 7.47. The van der Waals surface area contributed by atoms with Gasteiger partial charge in [0, 0.05) is 11.1 Å². The Hall–Kier alpha value is -3.30. The van der Waals surface area contributed by atoms with Gasteiger partial charge in [-0.15, -0.1) is 6.58 Å². The summed E-state index contributed by atoms with van der Waals surface area (Å²) in [5.74, 6) is 7.31. The van der Waals surface area contributed by atoms with Crippen LogP contribution in [0.2, 0.25) is 0 Å². The minimum absolute atomic E-state index is 0.00540. The fraction of sp³-hybridized carbons (Fsp3) is 0.308. The van der Waals surface area contributed by atoms with Gasteiger partial charge in [-0.25, -0.2) is 0 Å². The minimum atomic E-state index is -0.122. The molecule has 0 unspecified atom stereocenters. The Labute approximate surface area is 173 Å². The van der Waals surface area contributed by atoms with Gasteiger partial charge in [-0.1, -0.05) is 17.9 Å². The third-order valence-corrected chi connectivity index (χ3v) is 5.40. The van der Waals surface area contributed by atoms with Crippen LogP contribution in [0.5, 0.6) is 5.75 Å². The third kappa shape index (κ3) is 6.09. The molecule has 0 bridgehead atoms. The van der Waals surface area contributed by atoms with Crippen molar-refractivity contribution in [3.8, 4) is 23.7 Å². The molecule has 0 radical (unpaired) electrons. The number of carbonyl (C=O) groups is 1. The van der Waals surface area contributed by atoms with Crippen LogP contribution >= 0.6 is 0 Å². The number of hydrogen-bond acceptors (Lipinski definition) is 3. The summed E-state index contributed by atoms with van der Waals surface area (Å²) in [5, 5.41) is 8.83. The number of nitriles is 1. The number of benzene rings is 2. The van der Waals surface area contributed by atoms with E-state index in [0.29, 0.717) is 17.2 Å². The largest absolute Gasteiger partial charge is 0.426 e. The van der Waals surface area contributed by atoms with Crippen LogP contribution in [0.4, 0.5) is 0 Å². The van der Waals surface area contributed by atoms with Crippen molar-refractivity contribution in [2.45, 2.75) is 38.5 Å². The zero-order valence-electron chi connectivity index (χ0n) is 16.6. The predicted octanol–water partition coefficient (Wildman–Crippen LogP) is 5.64. The van der Waals surface area contributed by atoms with E-state index in [2.05, 4.69) is 24.5 Å². The summed E-state index contributed by atoms with van der Waals surface area (Å²) in [4.78, 5) is 12.4. The van der Waals surface area contributed by atoms with Crippen LogP contribution in [-0.2, 0) is 4.79 Å². The summed E-state index contributed by atoms with van der Waals surface area (Å²) in [7, 11) is 0. The average Bonchev–Trinajstić information content (AvgIpc) is 2.78. The first-order valence-corrected chi connectivity index (χ1v) is 10.1. The molecule has 1 saturated carbocycles. The lowest BCUT2D eigenvalue weighted by atomic mass is 9.80. The van der Waals surface area contributed by atoms with Crippen LogP contribution in [0.25, 0.3) is 0 Å². The molecule has 0 amide bonds. The molecule has 3 rings (SSSR count). The molecular weight excluding hydrogens is 358 g/mol. The maximum Gasteiger partial charge on any atom is 0.314 e. The molecule has 3 nitrogen and oxygen atoms in total. The summed E-state index contributed by atoms with van der Waals surface area (Å²) < 4.78 is 5.58. The highest BCUT2D eigenvalue weighted by Gasteiger charge is 2.27. The summed E-state index contributed by atoms with van der Waals surface area (Å²) in [6.45, 7) is 3.78. The fourth-order valence-electron chi connectivity index (χ4n) is 3.62. The van der Waals surface area contributed by atoms with E-state index in [1.807, 2.05) is 30.3 Å². The molecule has 1 fully saturated rings. The van der Waals surface area contributed by atoms with Gasteiger partial charge < -0.3 is 4.74 Å². The van der Waals surface area contributed by atoms with Gasteiger partial charge in [0.25, 0.3) is 0 Å². The Morgan fingerprint density at radius 2 is 1.52 bits per heavy atom. The van der Waals surface area contributed by atoms with E-state index < -0.39 is 0 Å². The summed E-state index contributed by atoms with van der Waals surface area (Å²) in [6.07, 6.45) is 8.22. The van der Waals surface area contributed by atoms with E-state index in [0.717, 1.165) is 43.2 Å². The van der Waals surface area contributed by atoms with Gasteiger partial charge in [-0.2, -0.15) is 5.26 Å². The van der Waals surface area contributed by atoms with Crippen molar-refractivity contribution < 1.29 is 9.53 Å². The number of nitrogens with zero attached hydrogens (tertiary/aromatic N) is 1. The van der Waals surface area contributed by atoms with Crippen LogP contribution < -0.4 is 4.74 Å².